The first-order valence-corrected chi connectivity index (χ1v) is 12.3. The van der Waals surface area contributed by atoms with Crippen LogP contribution in [0.4, 0.5) is 0 Å². The number of methoxy groups -OCH3 is 1. The van der Waals surface area contributed by atoms with Gasteiger partial charge in [-0.15, -0.1) is 0 Å². The number of benzene rings is 2. The van der Waals surface area contributed by atoms with Gasteiger partial charge in [-0.3, -0.25) is 9.78 Å². The summed E-state index contributed by atoms with van der Waals surface area (Å²) in [6.45, 7) is -0.127. The number of nitrogens with one attached hydrogen (secondary N) is 1. The molecule has 0 aliphatic carbocycles. The van der Waals surface area contributed by atoms with Crippen LogP contribution in [0.25, 0.3) is 10.9 Å². The Labute approximate surface area is 206 Å². The van der Waals surface area contributed by atoms with Crippen LogP contribution in [0.15, 0.2) is 76.7 Å². The van der Waals surface area contributed by atoms with E-state index >= 15 is 0 Å². The van der Waals surface area contributed by atoms with Crippen molar-refractivity contribution in [3.05, 3.63) is 94.0 Å². The van der Waals surface area contributed by atoms with Gasteiger partial charge in [0.1, 0.15) is 0 Å². The average molecular weight is 508 g/mol. The van der Waals surface area contributed by atoms with Crippen molar-refractivity contribution in [2.45, 2.75) is 18.0 Å². The highest BCUT2D eigenvalue weighted by Crippen LogP contribution is 2.35. The predicted molar refractivity (Wildman–Crippen MR) is 129 cm³/mol. The van der Waals surface area contributed by atoms with Gasteiger partial charge in [0.25, 0.3) is 5.56 Å². The van der Waals surface area contributed by atoms with E-state index in [4.69, 9.17) is 9.47 Å². The third-order valence-corrected chi connectivity index (χ3v) is 7.56. The molecule has 0 saturated carbocycles. The minimum Gasteiger partial charge on any atom is -0.465 e. The molecule has 2 aromatic carbocycles. The second kappa shape index (κ2) is 9.44. The Hall–Kier alpha value is -4.22. The third-order valence-electron chi connectivity index (χ3n) is 5.76. The molecule has 10 nitrogen and oxygen atoms in total. The smallest absolute Gasteiger partial charge is 0.337 e. The van der Waals surface area contributed by atoms with E-state index in [1.54, 1.807) is 42.7 Å². The Morgan fingerprint density at radius 1 is 1.08 bits per heavy atom. The van der Waals surface area contributed by atoms with Crippen molar-refractivity contribution < 1.29 is 27.4 Å². The molecular weight excluding hydrogens is 486 g/mol. The first-order chi connectivity index (χ1) is 17.3. The number of nitrogens with zero attached hydrogens (tertiary/aromatic N) is 2. The largest absolute Gasteiger partial charge is 0.465 e. The van der Waals surface area contributed by atoms with Crippen molar-refractivity contribution in [2.75, 3.05) is 13.9 Å². The number of rotatable bonds is 7. The zero-order valence-electron chi connectivity index (χ0n) is 19.1. The number of carbonyl (C=O) groups excluding carboxylic acids is 1. The molecule has 0 amide bonds. The maximum absolute atomic E-state index is 13.7. The number of pyridine rings is 2. The molecule has 4 aromatic rings. The molecule has 0 fully saturated rings. The molecule has 11 heteroatoms. The summed E-state index contributed by atoms with van der Waals surface area (Å²) in [6.07, 6.45) is 3.15. The molecule has 0 unspecified atom stereocenters. The summed E-state index contributed by atoms with van der Waals surface area (Å²) >= 11 is 0. The van der Waals surface area contributed by atoms with E-state index in [1.165, 1.54) is 35.7 Å². The topological polar surface area (TPSA) is 128 Å². The van der Waals surface area contributed by atoms with Gasteiger partial charge in [0.2, 0.25) is 16.8 Å². The number of hydrogen-bond acceptors (Lipinski definition) is 8. The first-order valence-electron chi connectivity index (χ1n) is 10.9. The van der Waals surface area contributed by atoms with Crippen LogP contribution in [0.1, 0.15) is 21.5 Å². The predicted octanol–water partition coefficient (Wildman–Crippen LogP) is 2.83. The quantitative estimate of drug-likeness (QED) is 0.378. The summed E-state index contributed by atoms with van der Waals surface area (Å²) in [5, 5.41) is 0.676. The molecule has 1 aliphatic heterocycles. The Balaban J connectivity index is 1.53. The zero-order chi connectivity index (χ0) is 25.3. The van der Waals surface area contributed by atoms with E-state index in [1.807, 2.05) is 0 Å². The monoisotopic (exact) mass is 507 g/mol. The number of esters is 1. The summed E-state index contributed by atoms with van der Waals surface area (Å²) in [6, 6.07) is 13.9. The number of hydrogen-bond donors (Lipinski definition) is 1. The minimum absolute atomic E-state index is 0.0203. The fraction of sp³-hybridized carbons (Fsp3) is 0.160. The van der Waals surface area contributed by atoms with Gasteiger partial charge in [0.15, 0.2) is 11.5 Å². The van der Waals surface area contributed by atoms with Crippen molar-refractivity contribution in [3.8, 4) is 11.5 Å². The van der Waals surface area contributed by atoms with Gasteiger partial charge in [-0.1, -0.05) is 6.07 Å². The molecule has 0 spiro atoms. The maximum atomic E-state index is 13.7. The number of carbonyl (C=O) groups is 1. The number of sulfonamides is 1. The van der Waals surface area contributed by atoms with Gasteiger partial charge in [0.05, 0.1) is 23.1 Å². The molecule has 36 heavy (non-hydrogen) atoms. The Morgan fingerprint density at radius 2 is 1.83 bits per heavy atom. The zero-order valence-corrected chi connectivity index (χ0v) is 19.9. The molecule has 0 bridgehead atoms. The lowest BCUT2D eigenvalue weighted by atomic mass is 10.1. The van der Waals surface area contributed by atoms with Crippen molar-refractivity contribution in [1.82, 2.24) is 14.3 Å². The summed E-state index contributed by atoms with van der Waals surface area (Å²) in [4.78, 5) is 31.5. The lowest BCUT2D eigenvalue weighted by Gasteiger charge is -2.22. The fourth-order valence-electron chi connectivity index (χ4n) is 3.90. The molecule has 0 saturated heterocycles. The van der Waals surface area contributed by atoms with Gasteiger partial charge < -0.3 is 19.2 Å². The van der Waals surface area contributed by atoms with Crippen LogP contribution < -0.4 is 15.0 Å². The van der Waals surface area contributed by atoms with Gasteiger partial charge in [-0.25, -0.2) is 13.2 Å². The molecule has 0 atom stereocenters. The van der Waals surface area contributed by atoms with Gasteiger partial charge in [-0.05, 0) is 48.0 Å². The summed E-state index contributed by atoms with van der Waals surface area (Å²) in [5.41, 5.74) is 1.25. The van der Waals surface area contributed by atoms with Crippen LogP contribution in [0.2, 0.25) is 0 Å². The Morgan fingerprint density at radius 3 is 2.53 bits per heavy atom. The van der Waals surface area contributed by atoms with E-state index in [0.29, 0.717) is 28.0 Å². The summed E-state index contributed by atoms with van der Waals surface area (Å²) in [5.74, 6) is 0.503. The van der Waals surface area contributed by atoms with Crippen LogP contribution in [0.5, 0.6) is 11.5 Å². The normalized spacial score (nSPS) is 12.7. The van der Waals surface area contributed by atoms with Gasteiger partial charge in [0, 0.05) is 42.5 Å². The standard InChI is InChI=1S/C25H21N3O7S/c1-33-25(30)17-4-6-20(7-5-17)36(31,32)28(13-16-3-2-8-26-12-16)14-19-9-18-10-22-23(35-15-34-22)11-21(18)27-24(19)29/h2-12H,13-15H2,1H3,(H,27,29). The molecule has 184 valence electrons. The van der Waals surface area contributed by atoms with Crippen LogP contribution in [0, 0.1) is 0 Å². The molecule has 2 aromatic heterocycles. The highest BCUT2D eigenvalue weighted by molar-refractivity contribution is 7.89. The Bertz CT molecular complexity index is 1600. The van der Waals surface area contributed by atoms with Crippen molar-refractivity contribution in [1.29, 1.82) is 0 Å². The van der Waals surface area contributed by atoms with Crippen molar-refractivity contribution in [3.63, 3.8) is 0 Å². The molecule has 5 rings (SSSR count). The number of aromatic amines is 1. The lowest BCUT2D eigenvalue weighted by Crippen LogP contribution is -2.32. The van der Waals surface area contributed by atoms with Gasteiger partial charge >= 0.3 is 5.97 Å². The Kier molecular flexibility index (Phi) is 6.17. The van der Waals surface area contributed by atoms with E-state index in [-0.39, 0.29) is 35.9 Å². The minimum atomic E-state index is -4.07. The van der Waals surface area contributed by atoms with Crippen molar-refractivity contribution in [2.24, 2.45) is 0 Å². The molecule has 0 radical (unpaired) electrons. The van der Waals surface area contributed by atoms with Crippen LogP contribution >= 0.6 is 0 Å². The molecule has 1 N–H and O–H groups in total. The number of ether oxygens (including phenoxy) is 3. The second-order valence-corrected chi connectivity index (χ2v) is 10.0. The third kappa shape index (κ3) is 4.53. The molecule has 3 heterocycles. The van der Waals surface area contributed by atoms with Crippen LogP contribution in [-0.2, 0) is 27.8 Å². The highest BCUT2D eigenvalue weighted by atomic mass is 32.2. The summed E-state index contributed by atoms with van der Waals surface area (Å²) < 4.78 is 44.0. The van der Waals surface area contributed by atoms with Crippen LogP contribution in [-0.4, -0.2) is 42.6 Å². The maximum Gasteiger partial charge on any atom is 0.337 e. The van der Waals surface area contributed by atoms with E-state index in [2.05, 4.69) is 14.7 Å². The lowest BCUT2D eigenvalue weighted by molar-refractivity contribution is 0.0600. The number of fused-ring (bicyclic) bond motifs is 2. The number of aromatic nitrogens is 2. The highest BCUT2D eigenvalue weighted by Gasteiger charge is 2.27. The van der Waals surface area contributed by atoms with E-state index in [0.717, 1.165) is 0 Å². The average Bonchev–Trinajstić information content (AvgIpc) is 3.35. The van der Waals surface area contributed by atoms with E-state index < -0.39 is 21.6 Å². The van der Waals surface area contributed by atoms with Gasteiger partial charge in [-0.2, -0.15) is 4.31 Å². The van der Waals surface area contributed by atoms with Crippen LogP contribution in [0.3, 0.4) is 0 Å². The second-order valence-electron chi connectivity index (χ2n) is 8.07. The first kappa shape index (κ1) is 23.5. The SMILES string of the molecule is COC(=O)c1ccc(S(=O)(=O)N(Cc2cccnc2)Cc2cc3cc4c(cc3[nH]c2=O)OCO4)cc1. The number of H-pyrrole nitrogens is 1. The molecular formula is C25H21N3O7S. The summed E-state index contributed by atoms with van der Waals surface area (Å²) in [7, 11) is -2.82. The fourth-order valence-corrected chi connectivity index (χ4v) is 5.31. The van der Waals surface area contributed by atoms with Crippen molar-refractivity contribution >= 4 is 26.9 Å². The van der Waals surface area contributed by atoms with E-state index in [9.17, 15) is 18.0 Å². The molecule has 1 aliphatic rings.